The number of fused-ring (bicyclic) bond motifs is 5. The SMILES string of the molecule is CC(C)(C)c1ccc(-c2ccc3ccc4c(-c5nc6cc(-c7cccc(F)c7)ccc6o5)ccc5ccc2c3c54)cc1.CC(C)(C)c1ccc2oc(-c3ccc4ccc5c(-c6ccc7ccccc7c6)ccc6ccc3c4c65)nc2c1.c1ccc2cc(-c3ccc4ccc5c(-c6nc7ccccc7o6)ccc6ccc3c4c65)ccc2c1. The van der Waals surface area contributed by atoms with E-state index in [1.165, 1.54) is 170 Å². The van der Waals surface area contributed by atoms with Gasteiger partial charge in [-0.15, -0.1) is 0 Å². The molecule has 0 saturated carbocycles. The third-order valence-corrected chi connectivity index (χ3v) is 24.0. The lowest BCUT2D eigenvalue weighted by Crippen LogP contribution is -2.10. The van der Waals surface area contributed by atoms with Crippen molar-refractivity contribution in [2.24, 2.45) is 0 Å². The zero-order chi connectivity index (χ0) is 77.8. The van der Waals surface area contributed by atoms with Crippen molar-refractivity contribution < 1.29 is 17.6 Å². The Labute approximate surface area is 668 Å². The maximum Gasteiger partial charge on any atom is 0.227 e. The molecule has 7 heteroatoms. The van der Waals surface area contributed by atoms with E-state index in [1.54, 1.807) is 6.07 Å². The van der Waals surface area contributed by atoms with Gasteiger partial charge < -0.3 is 13.3 Å². The van der Waals surface area contributed by atoms with Crippen LogP contribution < -0.4 is 0 Å². The van der Waals surface area contributed by atoms with Gasteiger partial charge in [-0.2, -0.15) is 0 Å². The molecule has 0 atom stereocenters. The van der Waals surface area contributed by atoms with Crippen molar-refractivity contribution in [2.45, 2.75) is 52.4 Å². The fourth-order valence-corrected chi connectivity index (χ4v) is 18.0. The molecule has 6 nitrogen and oxygen atoms in total. The van der Waals surface area contributed by atoms with Crippen molar-refractivity contribution >= 4 is 152 Å². The lowest BCUT2D eigenvalue weighted by Gasteiger charge is -2.20. The van der Waals surface area contributed by atoms with Crippen molar-refractivity contribution in [3.05, 3.63) is 357 Å². The number of halogens is 1. The zero-order valence-corrected chi connectivity index (χ0v) is 64.8. The van der Waals surface area contributed by atoms with Crippen molar-refractivity contribution in [2.75, 3.05) is 0 Å². The second kappa shape index (κ2) is 26.4. The van der Waals surface area contributed by atoms with Crippen molar-refractivity contribution in [1.29, 1.82) is 0 Å². The van der Waals surface area contributed by atoms with Crippen LogP contribution in [0.3, 0.4) is 0 Å². The number of nitrogens with zero attached hydrogens (tertiary/aromatic N) is 3. The molecule has 550 valence electrons. The van der Waals surface area contributed by atoms with Gasteiger partial charge in [0.25, 0.3) is 0 Å². The summed E-state index contributed by atoms with van der Waals surface area (Å²) in [6.07, 6.45) is 0. The molecule has 0 fully saturated rings. The summed E-state index contributed by atoms with van der Waals surface area (Å²) in [6, 6.07) is 120. The topological polar surface area (TPSA) is 78.1 Å². The fraction of sp³-hybridized carbons (Fsp3) is 0.0734. The summed E-state index contributed by atoms with van der Waals surface area (Å²) in [5.41, 5.74) is 19.8. The maximum atomic E-state index is 13.9. The standard InChI is InChI=1S/C39H28FNO.C37H27NO.C33H19NO/c1-39(2,3)28-14-7-23(8-15-28)30-16-9-24-11-18-32-33(19-12-25-10-17-31(30)36(24)37(25)32)38-41-34-22-27(13-20-35(34)42-38)26-5-4-6-29(40)21-26;1-37(2,3)27-14-19-33-32(21-27)38-36(39-33)31-18-13-24-11-16-29-28(15-10-23-12-17-30(31)35(24)34(23)29)26-9-8-22-6-4-5-7-25(22)20-26;1-2-6-23-19-24(10-9-20(23)5-1)25-15-11-21-13-17-27-28(33-34-29-7-3-4-8-30(29)35-33)18-14-22-12-16-26(25)31(21)32(22)27/h4-22H,1-3H3;4-21H,1-3H3;1-19H. The monoisotopic (exact) mass is 1490 g/mol. The lowest BCUT2D eigenvalue weighted by atomic mass is 9.85. The van der Waals surface area contributed by atoms with E-state index in [1.807, 2.05) is 48.5 Å². The van der Waals surface area contributed by atoms with Gasteiger partial charge in [0.15, 0.2) is 16.7 Å². The Morgan fingerprint density at radius 3 is 0.966 bits per heavy atom. The summed E-state index contributed by atoms with van der Waals surface area (Å²) < 4.78 is 32.7. The Morgan fingerprint density at radius 1 is 0.216 bits per heavy atom. The van der Waals surface area contributed by atoms with Crippen LogP contribution in [0.5, 0.6) is 0 Å². The van der Waals surface area contributed by atoms with Gasteiger partial charge in [-0.25, -0.2) is 19.3 Å². The van der Waals surface area contributed by atoms with Gasteiger partial charge in [0.2, 0.25) is 17.7 Å². The highest BCUT2D eigenvalue weighted by Gasteiger charge is 2.25. The molecule has 3 heterocycles. The zero-order valence-electron chi connectivity index (χ0n) is 64.8. The third-order valence-electron chi connectivity index (χ3n) is 24.0. The average Bonchev–Trinajstić information content (AvgIpc) is 0.926. The molecule has 24 rings (SSSR count). The molecular weight excluding hydrogens is 1420 g/mol. The summed E-state index contributed by atoms with van der Waals surface area (Å²) in [5, 5.41) is 27.2. The Kier molecular flexibility index (Phi) is 15.5. The van der Waals surface area contributed by atoms with E-state index in [2.05, 4.69) is 315 Å². The number of benzene rings is 21. The molecule has 3 aromatic heterocycles. The first kappa shape index (κ1) is 68.4. The van der Waals surface area contributed by atoms with Crippen molar-refractivity contribution in [3.63, 3.8) is 0 Å². The van der Waals surface area contributed by atoms with Gasteiger partial charge in [-0.3, -0.25) is 0 Å². The number of hydrogen-bond acceptors (Lipinski definition) is 6. The van der Waals surface area contributed by atoms with Gasteiger partial charge in [0, 0.05) is 16.7 Å². The predicted octanol–water partition coefficient (Wildman–Crippen LogP) is 30.9. The number of oxazole rings is 3. The van der Waals surface area contributed by atoms with E-state index in [0.717, 1.165) is 60.9 Å². The Hall–Kier alpha value is -14.4. The highest BCUT2D eigenvalue weighted by molar-refractivity contribution is 6.30. The van der Waals surface area contributed by atoms with Crippen LogP contribution in [0.15, 0.2) is 353 Å². The van der Waals surface area contributed by atoms with Crippen LogP contribution in [0.2, 0.25) is 0 Å². The van der Waals surface area contributed by atoms with Gasteiger partial charge in [-0.1, -0.05) is 302 Å². The fourth-order valence-electron chi connectivity index (χ4n) is 18.0. The van der Waals surface area contributed by atoms with Crippen molar-refractivity contribution in [3.8, 4) is 78.9 Å². The average molecular weight is 1490 g/mol. The molecule has 21 aromatic carbocycles. The molecular formula is C109H74FN3O3. The highest BCUT2D eigenvalue weighted by atomic mass is 19.1. The minimum Gasteiger partial charge on any atom is -0.436 e. The van der Waals surface area contributed by atoms with E-state index in [-0.39, 0.29) is 16.6 Å². The molecule has 0 radical (unpaired) electrons. The van der Waals surface area contributed by atoms with Crippen LogP contribution in [-0.4, -0.2) is 15.0 Å². The van der Waals surface area contributed by atoms with Crippen LogP contribution in [-0.2, 0) is 10.8 Å². The maximum absolute atomic E-state index is 13.9. The first-order valence-electron chi connectivity index (χ1n) is 39.8. The van der Waals surface area contributed by atoms with Crippen LogP contribution >= 0.6 is 0 Å². The molecule has 0 saturated heterocycles. The lowest BCUT2D eigenvalue weighted by molar-refractivity contribution is 0.589. The molecule has 0 spiro atoms. The van der Waals surface area contributed by atoms with Gasteiger partial charge in [0.1, 0.15) is 22.4 Å². The van der Waals surface area contributed by atoms with Crippen molar-refractivity contribution in [1.82, 2.24) is 15.0 Å². The number of hydrogen-bond donors (Lipinski definition) is 0. The summed E-state index contributed by atoms with van der Waals surface area (Å²) >= 11 is 0. The summed E-state index contributed by atoms with van der Waals surface area (Å²) in [4.78, 5) is 14.7. The van der Waals surface area contributed by atoms with E-state index < -0.39 is 0 Å². The molecule has 24 aromatic rings. The van der Waals surface area contributed by atoms with Crippen LogP contribution in [0.4, 0.5) is 4.39 Å². The number of aromatic nitrogens is 3. The Morgan fingerprint density at radius 2 is 0.534 bits per heavy atom. The number of para-hydroxylation sites is 2. The molecule has 0 bridgehead atoms. The van der Waals surface area contributed by atoms with Gasteiger partial charge in [-0.05, 0) is 264 Å². The normalized spacial score (nSPS) is 12.3. The highest BCUT2D eigenvalue weighted by Crippen LogP contribution is 2.48. The minimum atomic E-state index is -0.257. The summed E-state index contributed by atoms with van der Waals surface area (Å²) in [6.45, 7) is 13.4. The molecule has 0 aliphatic rings. The van der Waals surface area contributed by atoms with E-state index in [4.69, 9.17) is 28.2 Å². The van der Waals surface area contributed by atoms with Crippen LogP contribution in [0.25, 0.3) is 231 Å². The summed E-state index contributed by atoms with van der Waals surface area (Å²) in [7, 11) is 0. The quantitative estimate of drug-likeness (QED) is 0.148. The second-order valence-electron chi connectivity index (χ2n) is 33.0. The molecule has 0 N–H and O–H groups in total. The predicted molar refractivity (Wildman–Crippen MR) is 484 cm³/mol. The second-order valence-corrected chi connectivity index (χ2v) is 33.0. The number of rotatable bonds is 7. The molecule has 116 heavy (non-hydrogen) atoms. The first-order chi connectivity index (χ1) is 56.6. The third kappa shape index (κ3) is 11.5. The first-order valence-corrected chi connectivity index (χ1v) is 39.8. The smallest absolute Gasteiger partial charge is 0.227 e. The van der Waals surface area contributed by atoms with Gasteiger partial charge in [0.05, 0.1) is 0 Å². The Balaban J connectivity index is 0.000000106. The van der Waals surface area contributed by atoms with Crippen LogP contribution in [0.1, 0.15) is 52.7 Å². The van der Waals surface area contributed by atoms with E-state index >= 15 is 0 Å². The largest absolute Gasteiger partial charge is 0.436 e. The van der Waals surface area contributed by atoms with E-state index in [9.17, 15) is 4.39 Å². The van der Waals surface area contributed by atoms with Crippen LogP contribution in [0, 0.1) is 5.82 Å². The molecule has 0 amide bonds. The molecule has 0 aliphatic carbocycles. The Bertz CT molecular complexity index is 8030. The van der Waals surface area contributed by atoms with E-state index in [0.29, 0.717) is 23.3 Å². The minimum absolute atomic E-state index is 0.0586. The summed E-state index contributed by atoms with van der Waals surface area (Å²) in [5.74, 6) is 1.66. The van der Waals surface area contributed by atoms with Gasteiger partial charge >= 0.3 is 0 Å². The molecule has 0 unspecified atom stereocenters. The molecule has 0 aliphatic heterocycles.